The maximum Gasteiger partial charge on any atom is 0.00631 e. The van der Waals surface area contributed by atoms with Gasteiger partial charge in [-0.2, -0.15) is 0 Å². The lowest BCUT2D eigenvalue weighted by Crippen LogP contribution is -1.68. The van der Waals surface area contributed by atoms with Crippen LogP contribution in [-0.2, 0) is 0 Å². The Kier molecular flexibility index (Phi) is 3.37. The van der Waals surface area contributed by atoms with Crippen LogP contribution in [0.5, 0.6) is 0 Å². The van der Waals surface area contributed by atoms with Gasteiger partial charge in [0, 0.05) is 4.91 Å². The van der Waals surface area contributed by atoms with E-state index >= 15 is 0 Å². The minimum absolute atomic E-state index is 0.889. The number of hydrogen-bond donors (Lipinski definition) is 1. The molecule has 0 N–H and O–H groups in total. The minimum Gasteiger partial charge on any atom is -0.143 e. The van der Waals surface area contributed by atoms with Crippen molar-refractivity contribution in [2.45, 2.75) is 6.92 Å². The summed E-state index contributed by atoms with van der Waals surface area (Å²) in [6, 6.07) is 0. The molecule has 1 heteroatoms. The van der Waals surface area contributed by atoms with Crippen LogP contribution in [0.4, 0.5) is 0 Å². The zero-order valence-corrected chi connectivity index (χ0v) is 5.91. The highest BCUT2D eigenvalue weighted by Gasteiger charge is 1.83. The Morgan fingerprint density at radius 2 is 1.88 bits per heavy atom. The van der Waals surface area contributed by atoms with E-state index < -0.39 is 0 Å². The zero-order chi connectivity index (χ0) is 6.57. The van der Waals surface area contributed by atoms with E-state index in [-0.39, 0.29) is 0 Å². The Hall–Kier alpha value is -0.430. The lowest BCUT2D eigenvalue weighted by atomic mass is 10.3. The molecule has 0 saturated heterocycles. The van der Waals surface area contributed by atoms with Crippen LogP contribution in [0, 0.1) is 0 Å². The molecule has 0 aromatic heterocycles. The third-order valence-electron chi connectivity index (χ3n) is 0.904. The quantitative estimate of drug-likeness (QED) is 0.426. The van der Waals surface area contributed by atoms with Gasteiger partial charge >= 0.3 is 0 Å². The van der Waals surface area contributed by atoms with E-state index in [0.717, 1.165) is 10.5 Å². The normalized spacial score (nSPS) is 12.2. The van der Waals surface area contributed by atoms with Crippen LogP contribution in [0.15, 0.2) is 35.8 Å². The monoisotopic (exact) mass is 126 g/mol. The van der Waals surface area contributed by atoms with Crippen LogP contribution in [-0.4, -0.2) is 0 Å². The Balaban J connectivity index is 4.25. The third kappa shape index (κ3) is 2.03. The predicted octanol–water partition coefficient (Wildman–Crippen LogP) is 2.56. The molecule has 0 bridgehead atoms. The van der Waals surface area contributed by atoms with Crippen molar-refractivity contribution in [1.29, 1.82) is 0 Å². The first-order valence-electron chi connectivity index (χ1n) is 2.37. The van der Waals surface area contributed by atoms with E-state index in [9.17, 15) is 0 Å². The van der Waals surface area contributed by atoms with Crippen molar-refractivity contribution in [3.63, 3.8) is 0 Å². The summed E-state index contributed by atoms with van der Waals surface area (Å²) in [7, 11) is 0. The molecule has 0 aliphatic heterocycles. The van der Waals surface area contributed by atoms with Crippen molar-refractivity contribution in [2.75, 3.05) is 0 Å². The van der Waals surface area contributed by atoms with E-state index in [1.165, 1.54) is 0 Å². The van der Waals surface area contributed by atoms with Crippen molar-refractivity contribution in [3.8, 4) is 0 Å². The molecular formula is C7H10S. The summed E-state index contributed by atoms with van der Waals surface area (Å²) in [4.78, 5) is 0.889. The number of thiol groups is 1. The van der Waals surface area contributed by atoms with E-state index in [0.29, 0.717) is 0 Å². The average molecular weight is 126 g/mol. The summed E-state index contributed by atoms with van der Waals surface area (Å²) < 4.78 is 0. The largest absolute Gasteiger partial charge is 0.143 e. The van der Waals surface area contributed by atoms with Gasteiger partial charge in [0.05, 0.1) is 0 Å². The van der Waals surface area contributed by atoms with Gasteiger partial charge in [-0.15, -0.1) is 12.6 Å². The van der Waals surface area contributed by atoms with E-state index in [1.807, 2.05) is 6.92 Å². The van der Waals surface area contributed by atoms with Crippen molar-refractivity contribution < 1.29 is 0 Å². The van der Waals surface area contributed by atoms with Gasteiger partial charge < -0.3 is 0 Å². The smallest absolute Gasteiger partial charge is 0.00631 e. The van der Waals surface area contributed by atoms with Crippen molar-refractivity contribution in [3.05, 3.63) is 35.8 Å². The second kappa shape index (κ2) is 3.56. The van der Waals surface area contributed by atoms with Gasteiger partial charge in [0.2, 0.25) is 0 Å². The molecule has 0 saturated carbocycles. The molecule has 0 atom stereocenters. The standard InChI is InChI=1S/C7H10S/c1-4-6(3)7(8)5-2/h4-5,8H,1-2H2,3H3/b7-6+. The lowest BCUT2D eigenvalue weighted by Gasteiger charge is -1.91. The summed E-state index contributed by atoms with van der Waals surface area (Å²) >= 11 is 4.10. The molecule has 0 aromatic carbocycles. The van der Waals surface area contributed by atoms with Crippen LogP contribution in [0.2, 0.25) is 0 Å². The molecule has 0 fully saturated rings. The van der Waals surface area contributed by atoms with Gasteiger partial charge in [0.15, 0.2) is 0 Å². The Bertz CT molecular complexity index is 115. The van der Waals surface area contributed by atoms with Crippen molar-refractivity contribution in [1.82, 2.24) is 0 Å². The number of allylic oxidation sites excluding steroid dienone is 3. The fourth-order valence-corrected chi connectivity index (χ4v) is 0.357. The molecule has 0 aromatic rings. The van der Waals surface area contributed by atoms with E-state index in [4.69, 9.17) is 0 Å². The van der Waals surface area contributed by atoms with Crippen LogP contribution in [0.25, 0.3) is 0 Å². The summed E-state index contributed by atoms with van der Waals surface area (Å²) in [5.74, 6) is 0. The number of rotatable bonds is 2. The Labute approximate surface area is 56.0 Å². The van der Waals surface area contributed by atoms with Gasteiger partial charge in [0.25, 0.3) is 0 Å². The molecule has 0 aliphatic rings. The van der Waals surface area contributed by atoms with Crippen molar-refractivity contribution in [2.24, 2.45) is 0 Å². The van der Waals surface area contributed by atoms with E-state index in [2.05, 4.69) is 25.8 Å². The summed E-state index contributed by atoms with van der Waals surface area (Å²) in [5.41, 5.74) is 1.06. The third-order valence-corrected chi connectivity index (χ3v) is 1.44. The summed E-state index contributed by atoms with van der Waals surface area (Å²) in [6.45, 7) is 9.06. The molecule has 44 valence electrons. The average Bonchev–Trinajstić information content (AvgIpc) is 1.84. The topological polar surface area (TPSA) is 0 Å². The first-order chi connectivity index (χ1) is 3.72. The molecular weight excluding hydrogens is 116 g/mol. The second-order valence-corrected chi connectivity index (χ2v) is 1.96. The molecule has 0 nitrogen and oxygen atoms in total. The second-order valence-electron chi connectivity index (χ2n) is 1.48. The molecule has 0 amide bonds. The molecule has 8 heavy (non-hydrogen) atoms. The van der Waals surface area contributed by atoms with Gasteiger partial charge in [-0.3, -0.25) is 0 Å². The van der Waals surface area contributed by atoms with Crippen LogP contribution >= 0.6 is 12.6 Å². The van der Waals surface area contributed by atoms with Gasteiger partial charge in [-0.05, 0) is 12.5 Å². The summed E-state index contributed by atoms with van der Waals surface area (Å²) in [5, 5.41) is 0. The lowest BCUT2D eigenvalue weighted by molar-refractivity contribution is 1.52. The fraction of sp³-hybridized carbons (Fsp3) is 0.143. The van der Waals surface area contributed by atoms with Crippen LogP contribution in [0.1, 0.15) is 6.92 Å². The minimum atomic E-state index is 0.889. The van der Waals surface area contributed by atoms with E-state index in [1.54, 1.807) is 12.2 Å². The van der Waals surface area contributed by atoms with Gasteiger partial charge in [-0.25, -0.2) is 0 Å². The van der Waals surface area contributed by atoms with Crippen molar-refractivity contribution >= 4 is 12.6 Å². The fourth-order valence-electron chi connectivity index (χ4n) is 0.266. The molecule has 0 unspecified atom stereocenters. The Morgan fingerprint density at radius 1 is 1.38 bits per heavy atom. The predicted molar refractivity (Wildman–Crippen MR) is 42.1 cm³/mol. The number of hydrogen-bond acceptors (Lipinski definition) is 1. The zero-order valence-electron chi connectivity index (χ0n) is 5.02. The summed E-state index contributed by atoms with van der Waals surface area (Å²) in [6.07, 6.45) is 3.45. The van der Waals surface area contributed by atoms with Crippen LogP contribution < -0.4 is 0 Å². The molecule has 0 radical (unpaired) electrons. The molecule has 0 rings (SSSR count). The highest BCUT2D eigenvalue weighted by atomic mass is 32.1. The van der Waals surface area contributed by atoms with Crippen LogP contribution in [0.3, 0.4) is 0 Å². The SMILES string of the molecule is C=C/C(C)=C(/S)C=C. The first kappa shape index (κ1) is 7.57. The highest BCUT2D eigenvalue weighted by Crippen LogP contribution is 2.08. The maximum atomic E-state index is 4.10. The van der Waals surface area contributed by atoms with Gasteiger partial charge in [0.1, 0.15) is 0 Å². The molecule has 0 aliphatic carbocycles. The first-order valence-corrected chi connectivity index (χ1v) is 2.81. The molecule has 0 spiro atoms. The van der Waals surface area contributed by atoms with Gasteiger partial charge in [-0.1, -0.05) is 25.3 Å². The Morgan fingerprint density at radius 3 is 2.00 bits per heavy atom. The molecule has 0 heterocycles. The highest BCUT2D eigenvalue weighted by molar-refractivity contribution is 7.84. The maximum absolute atomic E-state index is 4.10.